The van der Waals surface area contributed by atoms with Gasteiger partial charge in [0, 0.05) is 88.8 Å². The van der Waals surface area contributed by atoms with Gasteiger partial charge in [-0.1, -0.05) is 30.3 Å². The van der Waals surface area contributed by atoms with Crippen molar-refractivity contribution in [3.8, 4) is 0 Å². The van der Waals surface area contributed by atoms with E-state index in [1.807, 2.05) is 80.8 Å². The number of nitrogen functional groups attached to an aromatic ring is 1. The molecule has 2 aromatic rings. The molecule has 0 aromatic heterocycles. The lowest BCUT2D eigenvalue weighted by Gasteiger charge is -2.43. The van der Waals surface area contributed by atoms with E-state index in [2.05, 4.69) is 10.2 Å². The van der Waals surface area contributed by atoms with Crippen LogP contribution in [0.5, 0.6) is 0 Å². The fourth-order valence-corrected chi connectivity index (χ4v) is 8.12. The van der Waals surface area contributed by atoms with Crippen LogP contribution in [0.2, 0.25) is 0 Å². The van der Waals surface area contributed by atoms with Crippen molar-refractivity contribution in [2.24, 2.45) is 0 Å². The number of anilines is 2. The first-order chi connectivity index (χ1) is 25.3. The maximum Gasteiger partial charge on any atom is 0.410 e. The molecule has 0 aliphatic carbocycles. The summed E-state index contributed by atoms with van der Waals surface area (Å²) >= 11 is 0. The second-order valence-corrected chi connectivity index (χ2v) is 16.0. The molecule has 3 N–H and O–H groups in total. The number of para-hydroxylation sites is 1. The minimum absolute atomic E-state index is 0.00682. The highest BCUT2D eigenvalue weighted by Crippen LogP contribution is 2.27. The molecule has 0 spiro atoms. The summed E-state index contributed by atoms with van der Waals surface area (Å²) in [5.74, 6) is -0.194. The molecule has 3 saturated heterocycles. The molecule has 0 radical (unpaired) electrons. The van der Waals surface area contributed by atoms with Crippen molar-refractivity contribution in [3.63, 3.8) is 0 Å². The highest BCUT2D eigenvalue weighted by atomic mass is 16.6. The van der Waals surface area contributed by atoms with Gasteiger partial charge in [-0.15, -0.1) is 0 Å². The third kappa shape index (κ3) is 9.35. The van der Waals surface area contributed by atoms with E-state index in [1.165, 1.54) is 0 Å². The van der Waals surface area contributed by atoms with Gasteiger partial charge in [-0.25, -0.2) is 14.4 Å². The number of carbonyl (C=O) groups excluding carboxylic acids is 4. The fraction of sp³-hybridized carbons (Fsp3) is 0.600. The predicted octanol–water partition coefficient (Wildman–Crippen LogP) is 5.03. The van der Waals surface area contributed by atoms with Crippen LogP contribution in [0.25, 0.3) is 0 Å². The first-order valence-electron chi connectivity index (χ1n) is 19.2. The van der Waals surface area contributed by atoms with E-state index >= 15 is 0 Å². The number of rotatable bonds is 6. The third-order valence-corrected chi connectivity index (χ3v) is 11.2. The van der Waals surface area contributed by atoms with Crippen LogP contribution >= 0.6 is 0 Å². The van der Waals surface area contributed by atoms with Gasteiger partial charge in [-0.2, -0.15) is 0 Å². The summed E-state index contributed by atoms with van der Waals surface area (Å²) in [6.07, 6.45) is 2.24. The number of amides is 5. The number of hydrogen-bond donors (Lipinski definition) is 2. The van der Waals surface area contributed by atoms with Crippen LogP contribution < -0.4 is 11.1 Å². The number of ether oxygens (including phenoxy) is 2. The lowest BCUT2D eigenvalue weighted by Crippen LogP contribution is -2.57. The predicted molar refractivity (Wildman–Crippen MR) is 204 cm³/mol. The summed E-state index contributed by atoms with van der Waals surface area (Å²) in [4.78, 5) is 63.2. The van der Waals surface area contributed by atoms with Crippen molar-refractivity contribution < 1.29 is 28.7 Å². The largest absolute Gasteiger partial charge is 0.444 e. The van der Waals surface area contributed by atoms with Gasteiger partial charge in [0.05, 0.1) is 0 Å². The Bertz CT molecular complexity index is 1630. The second kappa shape index (κ2) is 16.2. The number of nitrogens with zero attached hydrogens (tertiary/aromatic N) is 5. The summed E-state index contributed by atoms with van der Waals surface area (Å²) in [7, 11) is 0. The maximum absolute atomic E-state index is 14.2. The quantitative estimate of drug-likeness (QED) is 0.395. The number of nitrogens with one attached hydrogen (secondary N) is 1. The van der Waals surface area contributed by atoms with E-state index in [0.29, 0.717) is 83.5 Å². The summed E-state index contributed by atoms with van der Waals surface area (Å²) in [6, 6.07) is 12.0. The number of benzene rings is 2. The molecular formula is C40H57N7O6. The summed E-state index contributed by atoms with van der Waals surface area (Å²) in [5.41, 5.74) is 11.1. The van der Waals surface area contributed by atoms with Crippen molar-refractivity contribution in [1.82, 2.24) is 24.5 Å². The van der Waals surface area contributed by atoms with Crippen LogP contribution in [-0.2, 0) is 27.1 Å². The Morgan fingerprint density at radius 3 is 2.02 bits per heavy atom. The number of hydrogen-bond acceptors (Lipinski definition) is 8. The van der Waals surface area contributed by atoms with Crippen LogP contribution in [-0.4, -0.2) is 131 Å². The van der Waals surface area contributed by atoms with Gasteiger partial charge in [0.2, 0.25) is 0 Å². The molecule has 0 bridgehead atoms. The molecule has 3 fully saturated rings. The number of piperazine rings is 1. The molecule has 13 nitrogen and oxygen atoms in total. The fourth-order valence-electron chi connectivity index (χ4n) is 8.12. The second-order valence-electron chi connectivity index (χ2n) is 16.0. The molecule has 288 valence electrons. The van der Waals surface area contributed by atoms with Crippen molar-refractivity contribution in [3.05, 3.63) is 58.7 Å². The maximum atomic E-state index is 14.2. The zero-order valence-electron chi connectivity index (χ0n) is 32.1. The Morgan fingerprint density at radius 2 is 1.40 bits per heavy atom. The molecule has 4 heterocycles. The van der Waals surface area contributed by atoms with Gasteiger partial charge in [0.1, 0.15) is 5.60 Å². The lowest BCUT2D eigenvalue weighted by atomic mass is 9.99. The van der Waals surface area contributed by atoms with E-state index in [4.69, 9.17) is 15.2 Å². The molecule has 1 atom stereocenters. The van der Waals surface area contributed by atoms with Crippen LogP contribution in [0.15, 0.2) is 36.4 Å². The van der Waals surface area contributed by atoms with Crippen LogP contribution in [0.3, 0.4) is 0 Å². The number of likely N-dealkylation sites (tertiary alicyclic amines) is 2. The van der Waals surface area contributed by atoms with Gasteiger partial charge in [-0.05, 0) is 95.0 Å². The van der Waals surface area contributed by atoms with E-state index in [9.17, 15) is 19.2 Å². The van der Waals surface area contributed by atoms with Gasteiger partial charge in [-0.3, -0.25) is 9.69 Å². The molecular weight excluding hydrogens is 674 g/mol. The first kappa shape index (κ1) is 38.2. The average Bonchev–Trinajstić information content (AvgIpc) is 3.30. The Kier molecular flexibility index (Phi) is 11.7. The lowest BCUT2D eigenvalue weighted by molar-refractivity contribution is -0.143. The van der Waals surface area contributed by atoms with Gasteiger partial charge >= 0.3 is 18.2 Å². The Morgan fingerprint density at radius 1 is 0.811 bits per heavy atom. The van der Waals surface area contributed by atoms with E-state index in [0.717, 1.165) is 47.2 Å². The van der Waals surface area contributed by atoms with Crippen molar-refractivity contribution in [2.75, 3.05) is 70.0 Å². The standard InChI is InChI=1S/C40H57N7O6/c1-27-24-29(25-28(2)35(27)41)26-34(36(48)44-22-20-43(21-23-44)31-11-15-46(16-12-31)39(51)53-40(3,4)5)52-38(50)45-17-13-32(14-18-45)47-19-10-30-8-6-7-9-33(30)42-37(47)49/h6-9,24-25,31-32,34H,10-23,26,41H2,1-5H3,(H,42,49). The highest BCUT2D eigenvalue weighted by molar-refractivity contribution is 5.91. The normalized spacial score (nSPS) is 20.0. The molecule has 1 unspecified atom stereocenters. The molecule has 5 amide bonds. The number of nitrogens with two attached hydrogens (primary N) is 1. The van der Waals surface area contributed by atoms with Gasteiger partial charge in [0.25, 0.3) is 5.91 Å². The van der Waals surface area contributed by atoms with E-state index in [-0.39, 0.29) is 30.5 Å². The Labute approximate surface area is 313 Å². The van der Waals surface area contributed by atoms with Crippen molar-refractivity contribution in [1.29, 1.82) is 0 Å². The summed E-state index contributed by atoms with van der Waals surface area (Å²) in [5, 5.41) is 3.05. The van der Waals surface area contributed by atoms with Gasteiger partial charge in [0.15, 0.2) is 6.10 Å². The number of urea groups is 1. The first-order valence-corrected chi connectivity index (χ1v) is 19.2. The summed E-state index contributed by atoms with van der Waals surface area (Å²) in [6.45, 7) is 14.8. The van der Waals surface area contributed by atoms with Crippen LogP contribution in [0.4, 0.5) is 25.8 Å². The summed E-state index contributed by atoms with van der Waals surface area (Å²) < 4.78 is 11.7. The van der Waals surface area contributed by atoms with Crippen molar-refractivity contribution >= 4 is 35.5 Å². The third-order valence-electron chi connectivity index (χ3n) is 11.2. The van der Waals surface area contributed by atoms with Crippen LogP contribution in [0, 0.1) is 13.8 Å². The Hall–Kier alpha value is -4.52. The molecule has 6 rings (SSSR count). The smallest absolute Gasteiger partial charge is 0.410 e. The molecule has 53 heavy (non-hydrogen) atoms. The minimum Gasteiger partial charge on any atom is -0.444 e. The molecule has 0 saturated carbocycles. The number of aryl methyl sites for hydroxylation is 2. The number of piperidine rings is 2. The van der Waals surface area contributed by atoms with E-state index < -0.39 is 17.8 Å². The molecule has 13 heteroatoms. The number of fused-ring (bicyclic) bond motifs is 1. The topological polar surface area (TPSA) is 141 Å². The average molecular weight is 732 g/mol. The zero-order chi connectivity index (χ0) is 37.9. The van der Waals surface area contributed by atoms with Crippen molar-refractivity contribution in [2.45, 2.75) is 96.9 Å². The Balaban J connectivity index is 1.05. The SMILES string of the molecule is Cc1cc(CC(OC(=O)N2CCC(N3CCc4ccccc4NC3=O)CC2)C(=O)N2CCN(C3CCN(C(=O)OC(C)(C)C)CC3)CC2)cc(C)c1N. The number of carbonyl (C=O) groups is 4. The minimum atomic E-state index is -0.985. The monoisotopic (exact) mass is 731 g/mol. The molecule has 4 aliphatic heterocycles. The molecule has 2 aromatic carbocycles. The van der Waals surface area contributed by atoms with Gasteiger partial charge < -0.3 is 40.1 Å². The highest BCUT2D eigenvalue weighted by Gasteiger charge is 2.37. The van der Waals surface area contributed by atoms with Crippen LogP contribution in [0.1, 0.15) is 68.7 Å². The zero-order valence-corrected chi connectivity index (χ0v) is 32.1. The molecule has 4 aliphatic rings. The van der Waals surface area contributed by atoms with E-state index in [1.54, 1.807) is 9.80 Å².